The second-order valence-electron chi connectivity index (χ2n) is 6.24. The number of benzene rings is 1. The summed E-state index contributed by atoms with van der Waals surface area (Å²) in [6.45, 7) is 1.89. The molecule has 2 aromatic heterocycles. The molecule has 0 radical (unpaired) electrons. The van der Waals surface area contributed by atoms with Gasteiger partial charge < -0.3 is 16.0 Å². The lowest BCUT2D eigenvalue weighted by molar-refractivity contribution is 0.525. The third-order valence-electron chi connectivity index (χ3n) is 4.45. The van der Waals surface area contributed by atoms with Crippen LogP contribution in [0.25, 0.3) is 10.9 Å². The number of H-pyrrole nitrogens is 1. The number of aromatic nitrogens is 4. The number of anilines is 3. The van der Waals surface area contributed by atoms with Gasteiger partial charge in [-0.1, -0.05) is 11.8 Å². The zero-order valence-electron chi connectivity index (χ0n) is 14.1. The SMILES string of the molecule is CSc1nc(N)cc(N2CCCC(Nc3ccc4[nH]ncc4c3)C2)n1. The Kier molecular flexibility index (Phi) is 4.35. The van der Waals surface area contributed by atoms with Gasteiger partial charge in [0.05, 0.1) is 11.7 Å². The number of hydrogen-bond donors (Lipinski definition) is 3. The van der Waals surface area contributed by atoms with Gasteiger partial charge in [0.2, 0.25) is 0 Å². The summed E-state index contributed by atoms with van der Waals surface area (Å²) in [6, 6.07) is 8.51. The Morgan fingerprint density at radius 2 is 2.24 bits per heavy atom. The molecule has 0 bridgehead atoms. The molecule has 4 N–H and O–H groups in total. The summed E-state index contributed by atoms with van der Waals surface area (Å²) in [4.78, 5) is 11.1. The Bertz CT molecular complexity index is 878. The molecule has 8 heteroatoms. The molecule has 3 aromatic rings. The second-order valence-corrected chi connectivity index (χ2v) is 7.01. The van der Waals surface area contributed by atoms with Crippen LogP contribution in [0.4, 0.5) is 17.3 Å². The summed E-state index contributed by atoms with van der Waals surface area (Å²) in [5.41, 5.74) is 8.10. The van der Waals surface area contributed by atoms with Crippen LogP contribution in [0.3, 0.4) is 0 Å². The van der Waals surface area contributed by atoms with E-state index in [-0.39, 0.29) is 0 Å². The third kappa shape index (κ3) is 3.48. The lowest BCUT2D eigenvalue weighted by Gasteiger charge is -2.34. The smallest absolute Gasteiger partial charge is 0.191 e. The molecule has 7 nitrogen and oxygen atoms in total. The van der Waals surface area contributed by atoms with Crippen molar-refractivity contribution in [2.45, 2.75) is 24.0 Å². The maximum absolute atomic E-state index is 5.93. The van der Waals surface area contributed by atoms with Crippen molar-refractivity contribution >= 4 is 40.0 Å². The molecule has 0 aliphatic carbocycles. The van der Waals surface area contributed by atoms with Gasteiger partial charge in [-0.05, 0) is 37.3 Å². The van der Waals surface area contributed by atoms with E-state index in [1.807, 2.05) is 18.5 Å². The van der Waals surface area contributed by atoms with Crippen LogP contribution in [0.1, 0.15) is 12.8 Å². The largest absolute Gasteiger partial charge is 0.383 e. The number of nitrogens with one attached hydrogen (secondary N) is 2. The van der Waals surface area contributed by atoms with Crippen LogP contribution in [-0.4, -0.2) is 45.6 Å². The monoisotopic (exact) mass is 355 g/mol. The molecule has 1 fully saturated rings. The van der Waals surface area contributed by atoms with Crippen LogP contribution in [0.2, 0.25) is 0 Å². The molecule has 1 aliphatic heterocycles. The van der Waals surface area contributed by atoms with E-state index in [4.69, 9.17) is 5.73 Å². The fourth-order valence-electron chi connectivity index (χ4n) is 3.25. The number of nitrogens with two attached hydrogens (primary N) is 1. The summed E-state index contributed by atoms with van der Waals surface area (Å²) in [6.07, 6.45) is 6.06. The number of nitrogens with zero attached hydrogens (tertiary/aromatic N) is 4. The standard InChI is InChI=1S/C17H21N7S/c1-25-17-21-15(18)8-16(22-17)24-6-2-3-13(10-24)20-12-4-5-14-11(7-12)9-19-23-14/h4-5,7-9,13,20H,2-3,6,10H2,1H3,(H,19,23)(H2,18,21,22). The lowest BCUT2D eigenvalue weighted by atomic mass is 10.0. The zero-order chi connectivity index (χ0) is 17.2. The fourth-order valence-corrected chi connectivity index (χ4v) is 3.64. The molecule has 130 valence electrons. The number of piperidine rings is 1. The highest BCUT2D eigenvalue weighted by atomic mass is 32.2. The van der Waals surface area contributed by atoms with E-state index in [0.717, 1.165) is 53.5 Å². The normalized spacial score (nSPS) is 17.8. The van der Waals surface area contributed by atoms with Gasteiger partial charge in [-0.25, -0.2) is 9.97 Å². The molecular weight excluding hydrogens is 334 g/mol. The van der Waals surface area contributed by atoms with Gasteiger partial charge in [-0.3, -0.25) is 5.10 Å². The van der Waals surface area contributed by atoms with Crippen LogP contribution in [0.15, 0.2) is 35.6 Å². The van der Waals surface area contributed by atoms with Gasteiger partial charge in [-0.15, -0.1) is 0 Å². The van der Waals surface area contributed by atoms with Gasteiger partial charge in [0.25, 0.3) is 0 Å². The van der Waals surface area contributed by atoms with Gasteiger partial charge in [0.15, 0.2) is 5.16 Å². The van der Waals surface area contributed by atoms with Crippen molar-refractivity contribution in [1.82, 2.24) is 20.2 Å². The molecule has 0 saturated carbocycles. The average molecular weight is 355 g/mol. The number of nitrogen functional groups attached to an aromatic ring is 1. The number of aromatic amines is 1. The van der Waals surface area contributed by atoms with E-state index in [0.29, 0.717) is 11.9 Å². The van der Waals surface area contributed by atoms with E-state index < -0.39 is 0 Å². The van der Waals surface area contributed by atoms with Crippen molar-refractivity contribution in [1.29, 1.82) is 0 Å². The molecular formula is C17H21N7S. The van der Waals surface area contributed by atoms with Crippen LogP contribution in [0.5, 0.6) is 0 Å². The molecule has 0 amide bonds. The highest BCUT2D eigenvalue weighted by Crippen LogP contribution is 2.24. The van der Waals surface area contributed by atoms with Crippen molar-refractivity contribution in [3.63, 3.8) is 0 Å². The Morgan fingerprint density at radius 1 is 1.32 bits per heavy atom. The maximum atomic E-state index is 5.93. The van der Waals surface area contributed by atoms with Crippen molar-refractivity contribution in [3.8, 4) is 0 Å². The number of hydrogen-bond acceptors (Lipinski definition) is 7. The molecule has 0 spiro atoms. The summed E-state index contributed by atoms with van der Waals surface area (Å²) in [7, 11) is 0. The lowest BCUT2D eigenvalue weighted by Crippen LogP contribution is -2.42. The minimum atomic E-state index is 0.368. The second kappa shape index (κ2) is 6.79. The molecule has 4 rings (SSSR count). The quantitative estimate of drug-likeness (QED) is 0.489. The van der Waals surface area contributed by atoms with Crippen LogP contribution < -0.4 is 16.0 Å². The number of thioether (sulfide) groups is 1. The van der Waals surface area contributed by atoms with Crippen LogP contribution >= 0.6 is 11.8 Å². The predicted octanol–water partition coefficient (Wildman–Crippen LogP) is 2.74. The van der Waals surface area contributed by atoms with Crippen LogP contribution in [-0.2, 0) is 0 Å². The fraction of sp³-hybridized carbons (Fsp3) is 0.353. The van der Waals surface area contributed by atoms with Crippen molar-refractivity contribution in [3.05, 3.63) is 30.5 Å². The number of fused-ring (bicyclic) bond motifs is 1. The third-order valence-corrected chi connectivity index (χ3v) is 5.00. The molecule has 25 heavy (non-hydrogen) atoms. The first-order valence-electron chi connectivity index (χ1n) is 8.34. The highest BCUT2D eigenvalue weighted by molar-refractivity contribution is 7.98. The molecule has 1 aromatic carbocycles. The summed E-state index contributed by atoms with van der Waals surface area (Å²) < 4.78 is 0. The van der Waals surface area contributed by atoms with Crippen LogP contribution in [0, 0.1) is 0 Å². The Labute approximate surface area is 150 Å². The Morgan fingerprint density at radius 3 is 3.12 bits per heavy atom. The van der Waals surface area contributed by atoms with E-state index in [2.05, 4.69) is 48.6 Å². The van der Waals surface area contributed by atoms with E-state index in [1.165, 1.54) is 11.8 Å². The molecule has 1 atom stereocenters. The van der Waals surface area contributed by atoms with Crippen molar-refractivity contribution < 1.29 is 0 Å². The van der Waals surface area contributed by atoms with Crippen molar-refractivity contribution in [2.24, 2.45) is 0 Å². The first-order valence-corrected chi connectivity index (χ1v) is 9.57. The van der Waals surface area contributed by atoms with E-state index in [1.54, 1.807) is 0 Å². The minimum Gasteiger partial charge on any atom is -0.383 e. The Balaban J connectivity index is 1.49. The first-order chi connectivity index (χ1) is 12.2. The summed E-state index contributed by atoms with van der Waals surface area (Å²) in [5.74, 6) is 1.43. The van der Waals surface area contributed by atoms with Crippen molar-refractivity contribution in [2.75, 3.05) is 35.3 Å². The van der Waals surface area contributed by atoms with E-state index >= 15 is 0 Å². The average Bonchev–Trinajstić information content (AvgIpc) is 3.09. The summed E-state index contributed by atoms with van der Waals surface area (Å²) >= 11 is 1.51. The minimum absolute atomic E-state index is 0.368. The number of rotatable bonds is 4. The first kappa shape index (κ1) is 16.0. The zero-order valence-corrected chi connectivity index (χ0v) is 14.9. The molecule has 3 heterocycles. The molecule has 1 unspecified atom stereocenters. The molecule has 1 aliphatic rings. The maximum Gasteiger partial charge on any atom is 0.191 e. The topological polar surface area (TPSA) is 95.8 Å². The van der Waals surface area contributed by atoms with E-state index in [9.17, 15) is 0 Å². The molecule has 1 saturated heterocycles. The van der Waals surface area contributed by atoms with Gasteiger partial charge in [0, 0.05) is 36.3 Å². The van der Waals surface area contributed by atoms with Gasteiger partial charge >= 0.3 is 0 Å². The van der Waals surface area contributed by atoms with Gasteiger partial charge in [-0.2, -0.15) is 5.10 Å². The predicted molar refractivity (Wildman–Crippen MR) is 103 cm³/mol. The highest BCUT2D eigenvalue weighted by Gasteiger charge is 2.21. The Hall–Kier alpha value is -2.48. The summed E-state index contributed by atoms with van der Waals surface area (Å²) in [5, 5.41) is 12.5. The van der Waals surface area contributed by atoms with Gasteiger partial charge in [0.1, 0.15) is 11.6 Å².